The zero-order chi connectivity index (χ0) is 15.1. The number of nitrogen functional groups attached to an aromatic ring is 1. The van der Waals surface area contributed by atoms with E-state index in [9.17, 15) is 0 Å². The molecule has 2 atom stereocenters. The Kier molecular flexibility index (Phi) is 3.28. The first-order valence-electron chi connectivity index (χ1n) is 6.98. The molecule has 0 amide bonds. The average Bonchev–Trinajstić information content (AvgIpc) is 3.15. The highest BCUT2D eigenvalue weighted by molar-refractivity contribution is 7.10. The molecule has 3 heterocycles. The number of hydrogen-bond acceptors (Lipinski definition) is 5. The van der Waals surface area contributed by atoms with Crippen LogP contribution >= 0.6 is 22.9 Å². The van der Waals surface area contributed by atoms with E-state index in [0.29, 0.717) is 11.9 Å². The molecule has 3 aromatic rings. The number of thiophene rings is 1. The fraction of sp³-hybridized carbons (Fsp3) is 0.200. The van der Waals surface area contributed by atoms with Crippen LogP contribution in [0.15, 0.2) is 41.8 Å². The summed E-state index contributed by atoms with van der Waals surface area (Å²) >= 11 is 7.71. The van der Waals surface area contributed by atoms with Gasteiger partial charge in [0.25, 0.3) is 0 Å². The lowest BCUT2D eigenvalue weighted by Gasteiger charge is -2.30. The van der Waals surface area contributed by atoms with Crippen LogP contribution in [0.3, 0.4) is 0 Å². The highest BCUT2D eigenvalue weighted by atomic mass is 35.5. The van der Waals surface area contributed by atoms with Crippen molar-refractivity contribution in [3.63, 3.8) is 0 Å². The number of rotatable bonds is 2. The van der Waals surface area contributed by atoms with Crippen LogP contribution in [0.2, 0.25) is 5.02 Å². The molecule has 0 fully saturated rings. The van der Waals surface area contributed by atoms with Crippen molar-refractivity contribution in [2.24, 2.45) is 0 Å². The summed E-state index contributed by atoms with van der Waals surface area (Å²) in [5.74, 6) is 1.00. The van der Waals surface area contributed by atoms with E-state index in [-0.39, 0.29) is 12.1 Å². The monoisotopic (exact) mass is 331 g/mol. The molecule has 112 valence electrons. The molecule has 0 aliphatic carbocycles. The van der Waals surface area contributed by atoms with Gasteiger partial charge in [-0.3, -0.25) is 0 Å². The fourth-order valence-corrected chi connectivity index (χ4v) is 3.78. The first-order chi connectivity index (χ1) is 10.7. The Labute approximate surface area is 136 Å². The normalized spacial score (nSPS) is 20.4. The summed E-state index contributed by atoms with van der Waals surface area (Å²) in [5, 5.41) is 10.6. The average molecular weight is 332 g/mol. The van der Waals surface area contributed by atoms with Crippen LogP contribution in [0.25, 0.3) is 0 Å². The van der Waals surface area contributed by atoms with E-state index < -0.39 is 0 Å². The van der Waals surface area contributed by atoms with E-state index in [4.69, 9.17) is 17.3 Å². The summed E-state index contributed by atoms with van der Waals surface area (Å²) < 4.78 is 1.88. The Balaban J connectivity index is 1.74. The van der Waals surface area contributed by atoms with Crippen LogP contribution in [0.5, 0.6) is 0 Å². The lowest BCUT2D eigenvalue weighted by molar-refractivity contribution is 0.437. The molecule has 0 radical (unpaired) electrons. The van der Waals surface area contributed by atoms with Crippen LogP contribution in [0.1, 0.15) is 28.9 Å². The third kappa shape index (κ3) is 2.34. The second-order valence-corrected chi connectivity index (χ2v) is 6.67. The summed E-state index contributed by atoms with van der Waals surface area (Å²) in [4.78, 5) is 5.56. The lowest BCUT2D eigenvalue weighted by Crippen LogP contribution is -2.27. The largest absolute Gasteiger partial charge is 0.366 e. The Morgan fingerprint density at radius 1 is 1.27 bits per heavy atom. The number of anilines is 2. The van der Waals surface area contributed by atoms with Crippen molar-refractivity contribution in [3.05, 3.63) is 57.2 Å². The van der Waals surface area contributed by atoms with E-state index in [2.05, 4.69) is 32.9 Å². The number of nitrogens with zero attached hydrogens (tertiary/aromatic N) is 3. The second kappa shape index (κ2) is 5.30. The molecule has 1 aliphatic heterocycles. The standard InChI is InChI=1S/C15H14ClN5S/c16-10-5-3-9(4-6-10)11-8-12(13-2-1-7-22-13)21-15(18-11)19-14(17)20-21/h1-7,11-12H,8H2,(H3,17,18,19,20). The molecular weight excluding hydrogens is 318 g/mol. The molecule has 7 heteroatoms. The van der Waals surface area contributed by atoms with Crippen LogP contribution in [0.4, 0.5) is 11.9 Å². The van der Waals surface area contributed by atoms with Gasteiger partial charge in [-0.25, -0.2) is 4.68 Å². The second-order valence-electron chi connectivity index (χ2n) is 5.25. The maximum absolute atomic E-state index is 5.98. The molecule has 0 bridgehead atoms. The molecule has 4 rings (SSSR count). The quantitative estimate of drug-likeness (QED) is 0.751. The fourth-order valence-electron chi connectivity index (χ4n) is 2.83. The molecule has 0 saturated carbocycles. The van der Waals surface area contributed by atoms with Crippen molar-refractivity contribution in [3.8, 4) is 0 Å². The van der Waals surface area contributed by atoms with Crippen LogP contribution in [0, 0.1) is 0 Å². The third-order valence-corrected chi connectivity index (χ3v) is 5.07. The molecule has 2 aromatic heterocycles. The Morgan fingerprint density at radius 3 is 2.82 bits per heavy atom. The molecule has 5 nitrogen and oxygen atoms in total. The number of halogens is 1. The van der Waals surface area contributed by atoms with Gasteiger partial charge in [-0.2, -0.15) is 4.98 Å². The minimum Gasteiger partial charge on any atom is -0.366 e. The SMILES string of the molecule is Nc1nc2n(n1)C(c1cccs1)CC(c1ccc(Cl)cc1)N2. The van der Waals surface area contributed by atoms with Gasteiger partial charge in [0.1, 0.15) is 0 Å². The van der Waals surface area contributed by atoms with Gasteiger partial charge >= 0.3 is 0 Å². The Hall–Kier alpha value is -2.05. The number of fused-ring (bicyclic) bond motifs is 1. The number of aromatic nitrogens is 3. The molecular formula is C15H14ClN5S. The maximum atomic E-state index is 5.98. The molecule has 22 heavy (non-hydrogen) atoms. The smallest absolute Gasteiger partial charge is 0.241 e. The van der Waals surface area contributed by atoms with Crippen molar-refractivity contribution in [1.29, 1.82) is 0 Å². The maximum Gasteiger partial charge on any atom is 0.241 e. The predicted molar refractivity (Wildman–Crippen MR) is 89.3 cm³/mol. The van der Waals surface area contributed by atoms with Crippen LogP contribution in [-0.2, 0) is 0 Å². The van der Waals surface area contributed by atoms with E-state index in [0.717, 1.165) is 11.4 Å². The van der Waals surface area contributed by atoms with E-state index in [1.807, 2.05) is 28.9 Å². The summed E-state index contributed by atoms with van der Waals surface area (Å²) in [5.41, 5.74) is 6.96. The van der Waals surface area contributed by atoms with Crippen molar-refractivity contribution in [2.75, 3.05) is 11.1 Å². The molecule has 1 aliphatic rings. The predicted octanol–water partition coefficient (Wildman–Crippen LogP) is 3.72. The Bertz CT molecular complexity index is 781. The van der Waals surface area contributed by atoms with Crippen molar-refractivity contribution < 1.29 is 0 Å². The number of benzene rings is 1. The molecule has 3 N–H and O–H groups in total. The van der Waals surface area contributed by atoms with E-state index >= 15 is 0 Å². The van der Waals surface area contributed by atoms with Crippen molar-refractivity contribution in [1.82, 2.24) is 14.8 Å². The highest BCUT2D eigenvalue weighted by Crippen LogP contribution is 2.39. The Morgan fingerprint density at radius 2 is 2.09 bits per heavy atom. The minimum atomic E-state index is 0.140. The molecule has 0 saturated heterocycles. The van der Waals surface area contributed by atoms with Crippen LogP contribution < -0.4 is 11.1 Å². The third-order valence-electron chi connectivity index (χ3n) is 3.85. The van der Waals surface area contributed by atoms with Gasteiger partial charge in [-0.1, -0.05) is 29.8 Å². The summed E-state index contributed by atoms with van der Waals surface area (Å²) in [6, 6.07) is 12.4. The summed E-state index contributed by atoms with van der Waals surface area (Å²) in [7, 11) is 0. The van der Waals surface area contributed by atoms with Gasteiger partial charge in [0.05, 0.1) is 12.1 Å². The first kappa shape index (κ1) is 13.6. The van der Waals surface area contributed by atoms with Gasteiger partial charge in [0, 0.05) is 9.90 Å². The lowest BCUT2D eigenvalue weighted by atomic mass is 9.97. The topological polar surface area (TPSA) is 68.8 Å². The summed E-state index contributed by atoms with van der Waals surface area (Å²) in [6.07, 6.45) is 0.887. The minimum absolute atomic E-state index is 0.140. The zero-order valence-corrected chi connectivity index (χ0v) is 13.2. The summed E-state index contributed by atoms with van der Waals surface area (Å²) in [6.45, 7) is 0. The molecule has 0 spiro atoms. The van der Waals surface area contributed by atoms with Gasteiger partial charge in [-0.15, -0.1) is 16.4 Å². The highest BCUT2D eigenvalue weighted by Gasteiger charge is 2.31. The van der Waals surface area contributed by atoms with Gasteiger partial charge in [-0.05, 0) is 35.6 Å². The number of nitrogens with one attached hydrogen (secondary N) is 1. The number of hydrogen-bond donors (Lipinski definition) is 2. The van der Waals surface area contributed by atoms with Crippen molar-refractivity contribution in [2.45, 2.75) is 18.5 Å². The van der Waals surface area contributed by atoms with Gasteiger partial charge < -0.3 is 11.1 Å². The van der Waals surface area contributed by atoms with Gasteiger partial charge in [0.2, 0.25) is 11.9 Å². The van der Waals surface area contributed by atoms with E-state index in [1.165, 1.54) is 10.4 Å². The molecule has 1 aromatic carbocycles. The first-order valence-corrected chi connectivity index (χ1v) is 8.24. The van der Waals surface area contributed by atoms with Crippen molar-refractivity contribution >= 4 is 34.8 Å². The zero-order valence-electron chi connectivity index (χ0n) is 11.6. The number of nitrogens with two attached hydrogens (primary N) is 1. The van der Waals surface area contributed by atoms with E-state index in [1.54, 1.807) is 11.3 Å². The van der Waals surface area contributed by atoms with Crippen LogP contribution in [-0.4, -0.2) is 14.8 Å². The molecule has 2 unspecified atom stereocenters. The van der Waals surface area contributed by atoms with Gasteiger partial charge in [0.15, 0.2) is 0 Å².